The Morgan fingerprint density at radius 2 is 1.60 bits per heavy atom. The van der Waals surface area contributed by atoms with Gasteiger partial charge in [0.1, 0.15) is 6.10 Å². The summed E-state index contributed by atoms with van der Waals surface area (Å²) in [6.45, 7) is 8.30. The van der Waals surface area contributed by atoms with Crippen LogP contribution in [0.5, 0.6) is 0 Å². The van der Waals surface area contributed by atoms with E-state index in [2.05, 4.69) is 13.8 Å². The molecule has 0 saturated heterocycles. The number of carbonyl (C=O) groups excluding carboxylic acids is 1. The zero-order valence-electron chi connectivity index (χ0n) is 10.4. The normalized spacial score (nSPS) is 14.7. The zero-order chi connectivity index (χ0) is 11.7. The molecule has 0 rings (SSSR count). The molecule has 0 aromatic heterocycles. The third-order valence-corrected chi connectivity index (χ3v) is 2.26. The minimum absolute atomic E-state index is 0.0591. The summed E-state index contributed by atoms with van der Waals surface area (Å²) in [6.07, 6.45) is 3.86. The molecular formula is C12H24O3. The van der Waals surface area contributed by atoms with Crippen molar-refractivity contribution in [1.82, 2.24) is 0 Å². The van der Waals surface area contributed by atoms with Gasteiger partial charge in [0.15, 0.2) is 0 Å². The van der Waals surface area contributed by atoms with Crippen LogP contribution >= 0.6 is 0 Å². The van der Waals surface area contributed by atoms with Crippen LogP contribution in [0, 0.1) is 0 Å². The second-order valence-corrected chi connectivity index (χ2v) is 3.72. The van der Waals surface area contributed by atoms with Crippen molar-refractivity contribution in [2.24, 2.45) is 0 Å². The third-order valence-electron chi connectivity index (χ3n) is 2.26. The van der Waals surface area contributed by atoms with Crippen LogP contribution in [0.1, 0.15) is 53.4 Å². The van der Waals surface area contributed by atoms with Crippen molar-refractivity contribution in [3.05, 3.63) is 0 Å². The number of rotatable bonds is 8. The highest BCUT2D eigenvalue weighted by Gasteiger charge is 2.22. The largest absolute Gasteiger partial charge is 0.460 e. The lowest BCUT2D eigenvalue weighted by atomic mass is 10.0. The van der Waals surface area contributed by atoms with Crippen LogP contribution in [0.2, 0.25) is 0 Å². The summed E-state index contributed by atoms with van der Waals surface area (Å²) in [5.41, 5.74) is 0. The van der Waals surface area contributed by atoms with Gasteiger partial charge in [0, 0.05) is 13.5 Å². The maximum atomic E-state index is 11.0. The Kier molecular flexibility index (Phi) is 8.38. The minimum Gasteiger partial charge on any atom is -0.460 e. The molecule has 0 aromatic carbocycles. The summed E-state index contributed by atoms with van der Waals surface area (Å²) < 4.78 is 10.9. The number of hydrogen-bond acceptors (Lipinski definition) is 3. The van der Waals surface area contributed by atoms with Gasteiger partial charge in [-0.2, -0.15) is 0 Å². The molecule has 0 radical (unpaired) electrons. The first-order valence-corrected chi connectivity index (χ1v) is 5.94. The highest BCUT2D eigenvalue weighted by atomic mass is 16.6. The Balaban J connectivity index is 4.28. The zero-order valence-corrected chi connectivity index (χ0v) is 10.4. The smallest absolute Gasteiger partial charge is 0.302 e. The second kappa shape index (κ2) is 8.72. The molecule has 0 heterocycles. The van der Waals surface area contributed by atoms with Crippen LogP contribution in [0.3, 0.4) is 0 Å². The van der Waals surface area contributed by atoms with Crippen LogP contribution in [0.4, 0.5) is 0 Å². The topological polar surface area (TPSA) is 35.5 Å². The fourth-order valence-corrected chi connectivity index (χ4v) is 1.69. The van der Waals surface area contributed by atoms with Crippen LogP contribution in [-0.2, 0) is 14.3 Å². The van der Waals surface area contributed by atoms with Crippen molar-refractivity contribution >= 4 is 5.97 Å². The van der Waals surface area contributed by atoms with E-state index in [1.165, 1.54) is 6.92 Å². The summed E-state index contributed by atoms with van der Waals surface area (Å²) in [4.78, 5) is 11.0. The van der Waals surface area contributed by atoms with Crippen LogP contribution in [0.25, 0.3) is 0 Å². The first-order chi connectivity index (χ1) is 7.15. The van der Waals surface area contributed by atoms with E-state index < -0.39 is 0 Å². The van der Waals surface area contributed by atoms with E-state index in [0.29, 0.717) is 6.61 Å². The molecular weight excluding hydrogens is 192 g/mol. The summed E-state index contributed by atoms with van der Waals surface area (Å²) in [6, 6.07) is 0. The van der Waals surface area contributed by atoms with E-state index in [-0.39, 0.29) is 18.2 Å². The fourth-order valence-electron chi connectivity index (χ4n) is 1.69. The maximum Gasteiger partial charge on any atom is 0.302 e. The van der Waals surface area contributed by atoms with Gasteiger partial charge in [-0.1, -0.05) is 26.7 Å². The van der Waals surface area contributed by atoms with Gasteiger partial charge in [-0.05, 0) is 19.8 Å². The molecule has 15 heavy (non-hydrogen) atoms. The van der Waals surface area contributed by atoms with Crippen molar-refractivity contribution in [3.8, 4) is 0 Å². The third kappa shape index (κ3) is 6.50. The molecule has 0 N–H and O–H groups in total. The number of hydrogen-bond donors (Lipinski definition) is 0. The first kappa shape index (κ1) is 14.4. The highest BCUT2D eigenvalue weighted by molar-refractivity contribution is 5.66. The predicted octanol–water partition coefficient (Wildman–Crippen LogP) is 2.92. The number of carbonyl (C=O) groups is 1. The molecule has 3 heteroatoms. The fraction of sp³-hybridized carbons (Fsp3) is 0.917. The van der Waals surface area contributed by atoms with E-state index in [4.69, 9.17) is 9.47 Å². The van der Waals surface area contributed by atoms with Gasteiger partial charge < -0.3 is 9.47 Å². The SMILES string of the molecule is CCCC(OCC)C(CCC)OC(C)=O. The molecule has 0 saturated carbocycles. The van der Waals surface area contributed by atoms with Gasteiger partial charge in [0.05, 0.1) is 6.10 Å². The summed E-state index contributed by atoms with van der Waals surface area (Å²) in [5.74, 6) is -0.214. The minimum atomic E-state index is -0.214. The van der Waals surface area contributed by atoms with Crippen molar-refractivity contribution < 1.29 is 14.3 Å². The summed E-state index contributed by atoms with van der Waals surface area (Å²) in [5, 5.41) is 0. The van der Waals surface area contributed by atoms with Crippen molar-refractivity contribution in [2.75, 3.05) is 6.61 Å². The molecule has 0 aliphatic heterocycles. The number of esters is 1. The highest BCUT2D eigenvalue weighted by Crippen LogP contribution is 2.16. The Hall–Kier alpha value is -0.570. The Labute approximate surface area is 93.1 Å². The first-order valence-electron chi connectivity index (χ1n) is 5.94. The Morgan fingerprint density at radius 3 is 2.00 bits per heavy atom. The molecule has 0 fully saturated rings. The summed E-state index contributed by atoms with van der Waals surface area (Å²) >= 11 is 0. The number of ether oxygens (including phenoxy) is 2. The van der Waals surface area contributed by atoms with Crippen LogP contribution in [-0.4, -0.2) is 24.8 Å². The summed E-state index contributed by atoms with van der Waals surface area (Å²) in [7, 11) is 0. The van der Waals surface area contributed by atoms with E-state index in [1.807, 2.05) is 6.92 Å². The Morgan fingerprint density at radius 1 is 1.07 bits per heavy atom. The monoisotopic (exact) mass is 216 g/mol. The molecule has 2 unspecified atom stereocenters. The molecule has 0 bridgehead atoms. The lowest BCUT2D eigenvalue weighted by Crippen LogP contribution is -2.33. The van der Waals surface area contributed by atoms with E-state index in [0.717, 1.165) is 25.7 Å². The van der Waals surface area contributed by atoms with Crippen molar-refractivity contribution in [1.29, 1.82) is 0 Å². The van der Waals surface area contributed by atoms with Gasteiger partial charge in [-0.25, -0.2) is 0 Å². The van der Waals surface area contributed by atoms with Crippen LogP contribution < -0.4 is 0 Å². The van der Waals surface area contributed by atoms with Crippen molar-refractivity contribution in [2.45, 2.75) is 65.6 Å². The van der Waals surface area contributed by atoms with Crippen molar-refractivity contribution in [3.63, 3.8) is 0 Å². The van der Waals surface area contributed by atoms with Crippen LogP contribution in [0.15, 0.2) is 0 Å². The molecule has 0 aliphatic carbocycles. The van der Waals surface area contributed by atoms with Gasteiger partial charge >= 0.3 is 5.97 Å². The maximum absolute atomic E-state index is 11.0. The molecule has 0 aliphatic rings. The van der Waals surface area contributed by atoms with E-state index >= 15 is 0 Å². The molecule has 0 aromatic rings. The molecule has 3 nitrogen and oxygen atoms in total. The van der Waals surface area contributed by atoms with Gasteiger partial charge in [-0.15, -0.1) is 0 Å². The van der Waals surface area contributed by atoms with Gasteiger partial charge in [0.25, 0.3) is 0 Å². The van der Waals surface area contributed by atoms with E-state index in [1.54, 1.807) is 0 Å². The lowest BCUT2D eigenvalue weighted by Gasteiger charge is -2.26. The average molecular weight is 216 g/mol. The second-order valence-electron chi connectivity index (χ2n) is 3.72. The quantitative estimate of drug-likeness (QED) is 0.585. The molecule has 90 valence electrons. The molecule has 0 amide bonds. The molecule has 0 spiro atoms. The van der Waals surface area contributed by atoms with Gasteiger partial charge in [-0.3, -0.25) is 4.79 Å². The lowest BCUT2D eigenvalue weighted by molar-refractivity contribution is -0.155. The van der Waals surface area contributed by atoms with E-state index in [9.17, 15) is 4.79 Å². The standard InChI is InChI=1S/C12H24O3/c1-5-8-11(14-7-3)12(9-6-2)15-10(4)13/h11-12H,5-9H2,1-4H3. The predicted molar refractivity (Wildman–Crippen MR) is 60.8 cm³/mol. The average Bonchev–Trinajstić information content (AvgIpc) is 2.16. The van der Waals surface area contributed by atoms with Gasteiger partial charge in [0.2, 0.25) is 0 Å². The Bertz CT molecular complexity index is 162. The molecule has 2 atom stereocenters.